The van der Waals surface area contributed by atoms with Crippen molar-refractivity contribution in [3.05, 3.63) is 18.3 Å². The van der Waals surface area contributed by atoms with Gasteiger partial charge in [-0.15, -0.1) is 0 Å². The van der Waals surface area contributed by atoms with Crippen molar-refractivity contribution >= 4 is 21.8 Å². The third-order valence-electron chi connectivity index (χ3n) is 4.43. The number of hydrogen-bond donors (Lipinski definition) is 1. The molecular weight excluding hydrogens is 344 g/mol. The van der Waals surface area contributed by atoms with Crippen LogP contribution in [0.25, 0.3) is 0 Å². The molecule has 8 nitrogen and oxygen atoms in total. The monoisotopic (exact) mass is 368 g/mol. The van der Waals surface area contributed by atoms with Gasteiger partial charge in [-0.2, -0.15) is 17.0 Å². The fraction of sp³-hybridized carbons (Fsp3) is 0.625. The Balaban J connectivity index is 1.49. The Bertz CT molecular complexity index is 708. The van der Waals surface area contributed by atoms with Crippen LogP contribution in [0.2, 0.25) is 0 Å². The summed E-state index contributed by atoms with van der Waals surface area (Å²) in [6, 6.07) is 3.50. The standard InChI is InChI=1S/C16H24N4O4S/c1-19(2)25(22,23)20-9-7-14(8-10-20)24-15-6-5-13(11-17-15)18-16(21)12-3-4-12/h5-6,11-12,14H,3-4,7-10H2,1-2H3,(H,18,21). The molecule has 0 aromatic carbocycles. The number of carbonyl (C=O) groups excluding carboxylic acids is 1. The minimum Gasteiger partial charge on any atom is -0.474 e. The minimum atomic E-state index is -3.36. The Morgan fingerprint density at radius 3 is 2.44 bits per heavy atom. The number of carbonyl (C=O) groups is 1. The lowest BCUT2D eigenvalue weighted by Gasteiger charge is -2.32. The first-order valence-electron chi connectivity index (χ1n) is 8.47. The number of pyridine rings is 1. The number of amides is 1. The second-order valence-electron chi connectivity index (χ2n) is 6.66. The molecule has 1 amide bonds. The molecule has 9 heteroatoms. The summed E-state index contributed by atoms with van der Waals surface area (Å²) < 4.78 is 32.7. The third-order valence-corrected chi connectivity index (χ3v) is 6.37. The van der Waals surface area contributed by atoms with Crippen LogP contribution in [0.5, 0.6) is 5.88 Å². The van der Waals surface area contributed by atoms with Gasteiger partial charge in [0.1, 0.15) is 6.10 Å². The minimum absolute atomic E-state index is 0.0462. The molecule has 1 saturated carbocycles. The number of nitrogens with one attached hydrogen (secondary N) is 1. The van der Waals surface area contributed by atoms with E-state index >= 15 is 0 Å². The van der Waals surface area contributed by atoms with E-state index in [-0.39, 0.29) is 17.9 Å². The molecule has 1 saturated heterocycles. The van der Waals surface area contributed by atoms with Crippen LogP contribution in [0.15, 0.2) is 18.3 Å². The van der Waals surface area contributed by atoms with Crippen LogP contribution in [0, 0.1) is 5.92 Å². The molecule has 3 rings (SSSR count). The molecule has 0 bridgehead atoms. The van der Waals surface area contributed by atoms with Crippen LogP contribution in [-0.2, 0) is 15.0 Å². The maximum Gasteiger partial charge on any atom is 0.281 e. The summed E-state index contributed by atoms with van der Waals surface area (Å²) in [4.78, 5) is 15.9. The summed E-state index contributed by atoms with van der Waals surface area (Å²) in [6.07, 6.45) is 4.68. The van der Waals surface area contributed by atoms with Crippen LogP contribution < -0.4 is 10.1 Å². The number of piperidine rings is 1. The van der Waals surface area contributed by atoms with E-state index in [1.807, 2.05) is 0 Å². The van der Waals surface area contributed by atoms with Crippen molar-refractivity contribution < 1.29 is 17.9 Å². The van der Waals surface area contributed by atoms with E-state index in [9.17, 15) is 13.2 Å². The molecule has 1 aliphatic heterocycles. The van der Waals surface area contributed by atoms with Gasteiger partial charge < -0.3 is 10.1 Å². The SMILES string of the molecule is CN(C)S(=O)(=O)N1CCC(Oc2ccc(NC(=O)C3CC3)cn2)CC1. The predicted octanol–water partition coefficient (Wildman–Crippen LogP) is 1.08. The molecule has 0 unspecified atom stereocenters. The van der Waals surface area contributed by atoms with Crippen LogP contribution in [-0.4, -0.2) is 61.2 Å². The van der Waals surface area contributed by atoms with Gasteiger partial charge in [-0.25, -0.2) is 4.98 Å². The van der Waals surface area contributed by atoms with E-state index in [2.05, 4.69) is 10.3 Å². The lowest BCUT2D eigenvalue weighted by atomic mass is 10.1. The van der Waals surface area contributed by atoms with E-state index in [1.165, 1.54) is 22.7 Å². The number of anilines is 1. The fourth-order valence-electron chi connectivity index (χ4n) is 2.70. The maximum atomic E-state index is 12.1. The Kier molecular flexibility index (Phi) is 5.26. The Morgan fingerprint density at radius 1 is 1.24 bits per heavy atom. The lowest BCUT2D eigenvalue weighted by Crippen LogP contribution is -2.46. The highest BCUT2D eigenvalue weighted by Crippen LogP contribution is 2.30. The Hall–Kier alpha value is -1.71. The van der Waals surface area contributed by atoms with Gasteiger partial charge >= 0.3 is 0 Å². The molecule has 2 aliphatic rings. The molecule has 0 spiro atoms. The number of rotatable bonds is 6. The maximum absolute atomic E-state index is 12.1. The second kappa shape index (κ2) is 7.27. The lowest BCUT2D eigenvalue weighted by molar-refractivity contribution is -0.117. The topological polar surface area (TPSA) is 91.8 Å². The highest BCUT2D eigenvalue weighted by molar-refractivity contribution is 7.86. The normalized spacial score (nSPS) is 19.8. The molecular formula is C16H24N4O4S. The van der Waals surface area contributed by atoms with E-state index < -0.39 is 10.2 Å². The van der Waals surface area contributed by atoms with Crippen LogP contribution >= 0.6 is 0 Å². The summed E-state index contributed by atoms with van der Waals surface area (Å²) in [7, 11) is -0.294. The van der Waals surface area contributed by atoms with Gasteiger partial charge in [0.15, 0.2) is 0 Å². The van der Waals surface area contributed by atoms with Gasteiger partial charge in [0.25, 0.3) is 10.2 Å². The van der Waals surface area contributed by atoms with Crippen molar-refractivity contribution in [1.29, 1.82) is 0 Å². The van der Waals surface area contributed by atoms with Crippen molar-refractivity contribution in [2.24, 2.45) is 5.92 Å². The number of ether oxygens (including phenoxy) is 1. The van der Waals surface area contributed by atoms with Crippen molar-refractivity contribution in [3.8, 4) is 5.88 Å². The summed E-state index contributed by atoms with van der Waals surface area (Å²) in [5.74, 6) is 0.683. The van der Waals surface area contributed by atoms with E-state index in [0.717, 1.165) is 12.8 Å². The van der Waals surface area contributed by atoms with E-state index in [0.29, 0.717) is 37.5 Å². The molecule has 0 atom stereocenters. The van der Waals surface area contributed by atoms with Crippen molar-refractivity contribution in [2.75, 3.05) is 32.5 Å². The molecule has 0 radical (unpaired) electrons. The zero-order valence-electron chi connectivity index (χ0n) is 14.5. The largest absolute Gasteiger partial charge is 0.474 e. The zero-order valence-corrected chi connectivity index (χ0v) is 15.3. The van der Waals surface area contributed by atoms with E-state index in [1.54, 1.807) is 18.3 Å². The molecule has 1 aliphatic carbocycles. The average Bonchev–Trinajstić information content (AvgIpc) is 3.42. The van der Waals surface area contributed by atoms with Crippen LogP contribution in [0.4, 0.5) is 5.69 Å². The molecule has 1 aromatic heterocycles. The second-order valence-corrected chi connectivity index (χ2v) is 8.80. The Labute approximate surface area is 148 Å². The van der Waals surface area contributed by atoms with Gasteiger partial charge in [0.2, 0.25) is 11.8 Å². The van der Waals surface area contributed by atoms with Gasteiger partial charge in [-0.05, 0) is 31.7 Å². The van der Waals surface area contributed by atoms with Gasteiger partial charge in [-0.1, -0.05) is 0 Å². The first kappa shape index (κ1) is 18.1. The van der Waals surface area contributed by atoms with Gasteiger partial charge in [0, 0.05) is 39.2 Å². The first-order valence-corrected chi connectivity index (χ1v) is 9.87. The predicted molar refractivity (Wildman–Crippen MR) is 93.4 cm³/mol. The average molecular weight is 368 g/mol. The number of aromatic nitrogens is 1. The molecule has 2 heterocycles. The zero-order chi connectivity index (χ0) is 18.0. The smallest absolute Gasteiger partial charge is 0.281 e. The van der Waals surface area contributed by atoms with Gasteiger partial charge in [-0.3, -0.25) is 4.79 Å². The van der Waals surface area contributed by atoms with Crippen molar-refractivity contribution in [1.82, 2.24) is 13.6 Å². The van der Waals surface area contributed by atoms with Crippen LogP contribution in [0.1, 0.15) is 25.7 Å². The quantitative estimate of drug-likeness (QED) is 0.811. The summed E-state index contributed by atoms with van der Waals surface area (Å²) in [5.41, 5.74) is 0.663. The highest BCUT2D eigenvalue weighted by atomic mass is 32.2. The molecule has 1 N–H and O–H groups in total. The van der Waals surface area contributed by atoms with Crippen LogP contribution in [0.3, 0.4) is 0 Å². The van der Waals surface area contributed by atoms with E-state index in [4.69, 9.17) is 4.74 Å². The molecule has 1 aromatic rings. The fourth-order valence-corrected chi connectivity index (χ4v) is 3.83. The van der Waals surface area contributed by atoms with Gasteiger partial charge in [0.05, 0.1) is 11.9 Å². The number of nitrogens with zero attached hydrogens (tertiary/aromatic N) is 3. The molecule has 25 heavy (non-hydrogen) atoms. The Morgan fingerprint density at radius 2 is 1.92 bits per heavy atom. The number of hydrogen-bond acceptors (Lipinski definition) is 5. The summed E-state index contributed by atoms with van der Waals surface area (Å²) in [6.45, 7) is 0.863. The summed E-state index contributed by atoms with van der Waals surface area (Å²) in [5, 5.41) is 2.83. The van der Waals surface area contributed by atoms with Crippen molar-refractivity contribution in [2.45, 2.75) is 31.8 Å². The highest BCUT2D eigenvalue weighted by Gasteiger charge is 2.31. The summed E-state index contributed by atoms with van der Waals surface area (Å²) >= 11 is 0. The first-order chi connectivity index (χ1) is 11.9. The molecule has 2 fully saturated rings. The third kappa shape index (κ3) is 4.47. The molecule has 138 valence electrons. The van der Waals surface area contributed by atoms with Crippen molar-refractivity contribution in [3.63, 3.8) is 0 Å².